The Kier molecular flexibility index (Phi) is 2.04. The van der Waals surface area contributed by atoms with Gasteiger partial charge in [-0.3, -0.25) is 9.79 Å². The molecule has 0 aliphatic carbocycles. The molecule has 1 aliphatic rings. The first kappa shape index (κ1) is 6.80. The van der Waals surface area contributed by atoms with E-state index in [1.165, 1.54) is 0 Å². The lowest BCUT2D eigenvalue weighted by Crippen LogP contribution is -2.04. The molecule has 52 valence electrons. The number of nitrogens with zero attached hydrogens (tertiary/aromatic N) is 2. The molecule has 4 heteroatoms. The minimum atomic E-state index is -0.697. The zero-order chi connectivity index (χ0) is 7.40. The van der Waals surface area contributed by atoms with E-state index in [9.17, 15) is 9.70 Å². The Bertz CT molecular complexity index is 218. The van der Waals surface area contributed by atoms with Crippen molar-refractivity contribution in [2.45, 2.75) is 6.42 Å². The first-order valence-electron chi connectivity index (χ1n) is 2.89. The monoisotopic (exact) mass is 138 g/mol. The summed E-state index contributed by atoms with van der Waals surface area (Å²) in [5, 5.41) is 2.28. The van der Waals surface area contributed by atoms with E-state index in [2.05, 4.69) is 10.2 Å². The van der Waals surface area contributed by atoms with Crippen molar-refractivity contribution >= 4 is 12.1 Å². The number of amides is 1. The molecule has 1 aliphatic heterocycles. The molecular formula is C6H6N2O2. The molecule has 0 aromatic rings. The zero-order valence-corrected chi connectivity index (χ0v) is 5.28. The Morgan fingerprint density at radius 3 is 3.00 bits per heavy atom. The van der Waals surface area contributed by atoms with Crippen molar-refractivity contribution < 1.29 is 4.79 Å². The molecule has 4 nitrogen and oxygen atoms in total. The van der Waals surface area contributed by atoms with Crippen molar-refractivity contribution in [1.82, 2.24) is 0 Å². The van der Waals surface area contributed by atoms with Gasteiger partial charge >= 0.3 is 5.91 Å². The van der Waals surface area contributed by atoms with E-state index in [0.717, 1.165) is 0 Å². The Balaban J connectivity index is 2.64. The Labute approximate surface area is 57.6 Å². The summed E-state index contributed by atoms with van der Waals surface area (Å²) in [6.07, 6.45) is 3.98. The highest BCUT2D eigenvalue weighted by atomic mass is 16.3. The molecule has 0 N–H and O–H groups in total. The van der Waals surface area contributed by atoms with E-state index in [-0.39, 0.29) is 0 Å². The third-order valence-corrected chi connectivity index (χ3v) is 1.22. The highest BCUT2D eigenvalue weighted by molar-refractivity contribution is 5.95. The lowest BCUT2D eigenvalue weighted by Gasteiger charge is -1.99. The molecule has 0 spiro atoms. The van der Waals surface area contributed by atoms with Gasteiger partial charge in [0.15, 0.2) is 0 Å². The first-order valence-corrected chi connectivity index (χ1v) is 2.89. The van der Waals surface area contributed by atoms with E-state index in [1.54, 1.807) is 12.3 Å². The number of hydrogen-bond acceptors (Lipinski definition) is 3. The quantitative estimate of drug-likeness (QED) is 0.500. The summed E-state index contributed by atoms with van der Waals surface area (Å²) in [6.45, 7) is 0.296. The van der Waals surface area contributed by atoms with Crippen molar-refractivity contribution in [3.63, 3.8) is 0 Å². The Hall–Kier alpha value is -1.32. The van der Waals surface area contributed by atoms with Gasteiger partial charge in [0.05, 0.1) is 6.54 Å². The van der Waals surface area contributed by atoms with Crippen LogP contribution in [0.3, 0.4) is 0 Å². The molecule has 1 amide bonds. The maximum atomic E-state index is 10.5. The predicted octanol–water partition coefficient (Wildman–Crippen LogP) is 0.680. The molecule has 0 saturated carbocycles. The molecule has 0 fully saturated rings. The van der Waals surface area contributed by atoms with Gasteiger partial charge in [0.2, 0.25) is 0 Å². The van der Waals surface area contributed by atoms with E-state index in [1.807, 2.05) is 0 Å². The minimum Gasteiger partial charge on any atom is -0.292 e. The maximum Gasteiger partial charge on any atom is 0.314 e. The molecule has 10 heavy (non-hydrogen) atoms. The first-order chi connectivity index (χ1) is 4.84. The van der Waals surface area contributed by atoms with Gasteiger partial charge in [-0.2, -0.15) is 0 Å². The number of hydrogen-bond donors (Lipinski definition) is 0. The SMILES string of the molecule is O=NC(=O)C1=CCC=NC1. The summed E-state index contributed by atoms with van der Waals surface area (Å²) in [7, 11) is 0. The van der Waals surface area contributed by atoms with Crippen LogP contribution in [0.2, 0.25) is 0 Å². The van der Waals surface area contributed by atoms with E-state index in [0.29, 0.717) is 18.5 Å². The molecule has 0 unspecified atom stereocenters. The van der Waals surface area contributed by atoms with Crippen LogP contribution in [0.1, 0.15) is 6.42 Å². The number of nitroso groups, excluding NO2 is 1. The molecule has 0 radical (unpaired) electrons. The van der Waals surface area contributed by atoms with Gasteiger partial charge in [0.1, 0.15) is 0 Å². The van der Waals surface area contributed by atoms with Gasteiger partial charge in [0.25, 0.3) is 0 Å². The second-order valence-electron chi connectivity index (χ2n) is 1.88. The van der Waals surface area contributed by atoms with Crippen LogP contribution in [-0.4, -0.2) is 18.7 Å². The van der Waals surface area contributed by atoms with Crippen LogP contribution in [-0.2, 0) is 4.79 Å². The largest absolute Gasteiger partial charge is 0.314 e. The molecule has 1 rings (SSSR count). The van der Waals surface area contributed by atoms with Crippen LogP contribution >= 0.6 is 0 Å². The summed E-state index contributed by atoms with van der Waals surface area (Å²) in [5.74, 6) is -0.697. The molecule has 0 bridgehead atoms. The third-order valence-electron chi connectivity index (χ3n) is 1.22. The normalized spacial score (nSPS) is 16.2. The predicted molar refractivity (Wildman–Crippen MR) is 36.9 cm³/mol. The van der Waals surface area contributed by atoms with Crippen molar-refractivity contribution in [2.75, 3.05) is 6.54 Å². The van der Waals surface area contributed by atoms with Crippen molar-refractivity contribution in [3.8, 4) is 0 Å². The fraction of sp³-hybridized carbons (Fsp3) is 0.333. The average Bonchev–Trinajstić information content (AvgIpc) is 2.05. The van der Waals surface area contributed by atoms with Crippen LogP contribution < -0.4 is 0 Å². The van der Waals surface area contributed by atoms with Crippen molar-refractivity contribution in [3.05, 3.63) is 16.6 Å². The van der Waals surface area contributed by atoms with Crippen LogP contribution in [0.4, 0.5) is 0 Å². The second kappa shape index (κ2) is 3.00. The molecular weight excluding hydrogens is 132 g/mol. The van der Waals surface area contributed by atoms with Gasteiger partial charge in [-0.1, -0.05) is 6.08 Å². The smallest absolute Gasteiger partial charge is 0.292 e. The molecule has 0 aromatic carbocycles. The molecule has 1 heterocycles. The highest BCUT2D eigenvalue weighted by Crippen LogP contribution is 2.03. The second-order valence-corrected chi connectivity index (χ2v) is 1.88. The van der Waals surface area contributed by atoms with Crippen LogP contribution in [0, 0.1) is 4.91 Å². The summed E-state index contributed by atoms with van der Waals surface area (Å²) in [5.41, 5.74) is 0.400. The van der Waals surface area contributed by atoms with Gasteiger partial charge in [-0.05, 0) is 0 Å². The fourth-order valence-electron chi connectivity index (χ4n) is 0.711. The number of dihydropyridines is 1. The van der Waals surface area contributed by atoms with Gasteiger partial charge < -0.3 is 0 Å². The number of aliphatic imine (C=N–C) groups is 1. The minimum absolute atomic E-state index is 0.296. The van der Waals surface area contributed by atoms with Crippen LogP contribution in [0.5, 0.6) is 0 Å². The van der Waals surface area contributed by atoms with Gasteiger partial charge in [-0.15, -0.1) is 4.91 Å². The van der Waals surface area contributed by atoms with Gasteiger partial charge in [0, 0.05) is 23.4 Å². The topological polar surface area (TPSA) is 58.9 Å². The summed E-state index contributed by atoms with van der Waals surface area (Å²) in [4.78, 5) is 24.1. The van der Waals surface area contributed by atoms with E-state index < -0.39 is 5.91 Å². The molecule has 0 saturated heterocycles. The lowest BCUT2D eigenvalue weighted by molar-refractivity contribution is -0.114. The highest BCUT2D eigenvalue weighted by Gasteiger charge is 2.09. The molecule has 0 aromatic heterocycles. The summed E-state index contributed by atoms with van der Waals surface area (Å²) >= 11 is 0. The maximum absolute atomic E-state index is 10.5. The average molecular weight is 138 g/mol. The molecule has 0 atom stereocenters. The standard InChI is InChI=1S/C6H6N2O2/c9-6(8-10)5-2-1-3-7-4-5/h2-3H,1,4H2. The number of allylic oxidation sites excluding steroid dienone is 1. The third kappa shape index (κ3) is 1.34. The Morgan fingerprint density at radius 2 is 2.50 bits per heavy atom. The van der Waals surface area contributed by atoms with E-state index >= 15 is 0 Å². The van der Waals surface area contributed by atoms with Crippen LogP contribution in [0.15, 0.2) is 21.8 Å². The fourth-order valence-corrected chi connectivity index (χ4v) is 0.711. The number of carbonyl (C=O) groups is 1. The van der Waals surface area contributed by atoms with E-state index in [4.69, 9.17) is 0 Å². The summed E-state index contributed by atoms with van der Waals surface area (Å²) in [6, 6.07) is 0. The van der Waals surface area contributed by atoms with Crippen LogP contribution in [0.25, 0.3) is 0 Å². The lowest BCUT2D eigenvalue weighted by atomic mass is 10.2. The Morgan fingerprint density at radius 1 is 1.70 bits per heavy atom. The number of carbonyl (C=O) groups excluding carboxylic acids is 1. The number of rotatable bonds is 1. The van der Waals surface area contributed by atoms with Gasteiger partial charge in [-0.25, -0.2) is 0 Å². The van der Waals surface area contributed by atoms with Crippen molar-refractivity contribution in [1.29, 1.82) is 0 Å². The summed E-state index contributed by atoms with van der Waals surface area (Å²) < 4.78 is 0. The van der Waals surface area contributed by atoms with Crippen molar-refractivity contribution in [2.24, 2.45) is 10.2 Å². The zero-order valence-electron chi connectivity index (χ0n) is 5.28.